The van der Waals surface area contributed by atoms with Crippen LogP contribution in [0.25, 0.3) is 0 Å². The van der Waals surface area contributed by atoms with Crippen molar-refractivity contribution >= 4 is 34.1 Å². The molecular formula is C19H26N4O4S. The lowest BCUT2D eigenvalue weighted by atomic mass is 10.1. The molecule has 9 heteroatoms. The highest BCUT2D eigenvalue weighted by Gasteiger charge is 2.28. The van der Waals surface area contributed by atoms with Gasteiger partial charge in [0.25, 0.3) is 5.91 Å². The van der Waals surface area contributed by atoms with Crippen LogP contribution in [0.1, 0.15) is 57.6 Å². The van der Waals surface area contributed by atoms with Crippen LogP contribution in [0.3, 0.4) is 0 Å². The van der Waals surface area contributed by atoms with Crippen molar-refractivity contribution in [2.75, 3.05) is 26.0 Å². The Hall–Kier alpha value is -2.68. The maximum atomic E-state index is 12.7. The maximum absolute atomic E-state index is 12.7. The zero-order chi connectivity index (χ0) is 21.0. The lowest BCUT2D eigenvalue weighted by Gasteiger charge is -2.13. The minimum absolute atomic E-state index is 0.223. The molecule has 8 nitrogen and oxygen atoms in total. The van der Waals surface area contributed by atoms with Crippen LogP contribution in [0.15, 0.2) is 12.3 Å². The van der Waals surface area contributed by atoms with E-state index in [9.17, 15) is 14.4 Å². The molecule has 0 fully saturated rings. The highest BCUT2D eigenvalue weighted by atomic mass is 32.1. The van der Waals surface area contributed by atoms with Gasteiger partial charge >= 0.3 is 5.97 Å². The molecule has 1 atom stereocenters. The number of carbonyl (C=O) groups is 3. The summed E-state index contributed by atoms with van der Waals surface area (Å²) in [6.45, 7) is 7.40. The van der Waals surface area contributed by atoms with E-state index in [-0.39, 0.29) is 24.0 Å². The van der Waals surface area contributed by atoms with E-state index in [2.05, 4.69) is 10.4 Å². The second-order valence-electron chi connectivity index (χ2n) is 6.70. The van der Waals surface area contributed by atoms with E-state index in [1.165, 1.54) is 4.90 Å². The highest BCUT2D eigenvalue weighted by Crippen LogP contribution is 2.35. The van der Waals surface area contributed by atoms with Gasteiger partial charge in [-0.2, -0.15) is 5.10 Å². The average molecular weight is 407 g/mol. The van der Waals surface area contributed by atoms with E-state index in [0.29, 0.717) is 21.9 Å². The van der Waals surface area contributed by atoms with Crippen LogP contribution in [0.2, 0.25) is 0 Å². The third-order valence-electron chi connectivity index (χ3n) is 4.14. The molecule has 0 aliphatic carbocycles. The van der Waals surface area contributed by atoms with E-state index < -0.39 is 12.0 Å². The van der Waals surface area contributed by atoms with Gasteiger partial charge in [0.2, 0.25) is 5.91 Å². The molecule has 0 spiro atoms. The predicted octanol–water partition coefficient (Wildman–Crippen LogP) is 3.03. The highest BCUT2D eigenvalue weighted by molar-refractivity contribution is 7.18. The molecule has 2 rings (SSSR count). The Morgan fingerprint density at radius 1 is 1.32 bits per heavy atom. The fourth-order valence-electron chi connectivity index (χ4n) is 2.51. The molecule has 1 N–H and O–H groups in total. The Balaban J connectivity index is 2.37. The molecule has 1 unspecified atom stereocenters. The zero-order valence-corrected chi connectivity index (χ0v) is 17.8. The Morgan fingerprint density at radius 3 is 2.54 bits per heavy atom. The molecule has 2 heterocycles. The van der Waals surface area contributed by atoms with Crippen LogP contribution in [0.5, 0.6) is 0 Å². The first-order valence-electron chi connectivity index (χ1n) is 9.02. The zero-order valence-electron chi connectivity index (χ0n) is 17.0. The molecule has 0 saturated heterocycles. The number of hydrogen-bond donors (Lipinski definition) is 1. The second-order valence-corrected chi connectivity index (χ2v) is 7.72. The first-order valence-corrected chi connectivity index (χ1v) is 9.83. The van der Waals surface area contributed by atoms with E-state index in [4.69, 9.17) is 4.74 Å². The van der Waals surface area contributed by atoms with Crippen LogP contribution in [-0.4, -0.2) is 53.2 Å². The Bertz CT molecular complexity index is 885. The number of nitrogens with one attached hydrogen (secondary N) is 1. The van der Waals surface area contributed by atoms with Crippen molar-refractivity contribution in [3.05, 3.63) is 34.0 Å². The number of nitrogens with zero attached hydrogens (tertiary/aromatic N) is 3. The third kappa shape index (κ3) is 4.59. The average Bonchev–Trinajstić information content (AvgIpc) is 3.21. The van der Waals surface area contributed by atoms with Crippen molar-refractivity contribution in [3.63, 3.8) is 0 Å². The summed E-state index contributed by atoms with van der Waals surface area (Å²) in [6, 6.07) is 1.23. The number of carbonyl (C=O) groups excluding carboxylic acids is 3. The number of thiophene rings is 1. The SMILES string of the molecule is CCCOC(=O)c1c(NC(=O)C(C)n2ccc(C)n2)sc(C(=O)N(C)C)c1C. The van der Waals surface area contributed by atoms with Crippen molar-refractivity contribution in [1.82, 2.24) is 14.7 Å². The minimum Gasteiger partial charge on any atom is -0.462 e. The normalized spacial score (nSPS) is 11.8. The summed E-state index contributed by atoms with van der Waals surface area (Å²) in [6.07, 6.45) is 2.40. The molecule has 0 aliphatic heterocycles. The van der Waals surface area contributed by atoms with Crippen molar-refractivity contribution < 1.29 is 19.1 Å². The molecule has 0 aromatic carbocycles. The molecule has 152 valence electrons. The standard InChI is InChI=1S/C19H26N4O4S/c1-7-10-27-19(26)14-12(3)15(18(25)22(5)6)28-17(14)20-16(24)13(4)23-9-8-11(2)21-23/h8-9,13H,7,10H2,1-6H3,(H,20,24). The Labute approximate surface area is 168 Å². The van der Waals surface area contributed by atoms with Gasteiger partial charge in [-0.05, 0) is 38.8 Å². The fraction of sp³-hybridized carbons (Fsp3) is 0.474. The summed E-state index contributed by atoms with van der Waals surface area (Å²) in [7, 11) is 3.27. The Kier molecular flexibility index (Phi) is 6.95. The van der Waals surface area contributed by atoms with E-state index >= 15 is 0 Å². The number of amides is 2. The van der Waals surface area contributed by atoms with Crippen molar-refractivity contribution in [3.8, 4) is 0 Å². The lowest BCUT2D eigenvalue weighted by molar-refractivity contribution is -0.119. The van der Waals surface area contributed by atoms with Gasteiger partial charge in [0.1, 0.15) is 11.0 Å². The van der Waals surface area contributed by atoms with Gasteiger partial charge in [-0.15, -0.1) is 11.3 Å². The summed E-state index contributed by atoms with van der Waals surface area (Å²) in [5.41, 5.74) is 1.53. The van der Waals surface area contributed by atoms with Gasteiger partial charge in [-0.25, -0.2) is 4.79 Å². The van der Waals surface area contributed by atoms with Crippen LogP contribution in [0.4, 0.5) is 5.00 Å². The van der Waals surface area contributed by atoms with Crippen molar-refractivity contribution in [2.24, 2.45) is 0 Å². The smallest absolute Gasteiger partial charge is 0.341 e. The number of rotatable bonds is 7. The summed E-state index contributed by atoms with van der Waals surface area (Å²) < 4.78 is 6.80. The molecule has 0 aliphatic rings. The molecule has 2 amide bonds. The van der Waals surface area contributed by atoms with E-state index in [1.807, 2.05) is 13.8 Å². The molecular weight excluding hydrogens is 380 g/mol. The van der Waals surface area contributed by atoms with Gasteiger partial charge < -0.3 is 15.0 Å². The number of aromatic nitrogens is 2. The number of ether oxygens (including phenoxy) is 1. The maximum Gasteiger partial charge on any atom is 0.341 e. The summed E-state index contributed by atoms with van der Waals surface area (Å²) in [4.78, 5) is 39.6. The first-order chi connectivity index (χ1) is 13.2. The molecule has 0 saturated carbocycles. The minimum atomic E-state index is -0.580. The fourth-order valence-corrected chi connectivity index (χ4v) is 3.73. The quantitative estimate of drug-likeness (QED) is 0.714. The molecule has 0 bridgehead atoms. The van der Waals surface area contributed by atoms with Gasteiger partial charge in [0.05, 0.1) is 22.7 Å². The van der Waals surface area contributed by atoms with Crippen LogP contribution in [0, 0.1) is 13.8 Å². The molecule has 2 aromatic rings. The van der Waals surface area contributed by atoms with Gasteiger partial charge in [-0.1, -0.05) is 6.92 Å². The number of anilines is 1. The first kappa shape index (κ1) is 21.6. The summed E-state index contributed by atoms with van der Waals surface area (Å²) in [5.74, 6) is -1.12. The molecule has 2 aromatic heterocycles. The lowest BCUT2D eigenvalue weighted by Crippen LogP contribution is -2.24. The van der Waals surface area contributed by atoms with Gasteiger partial charge in [-0.3, -0.25) is 14.3 Å². The summed E-state index contributed by atoms with van der Waals surface area (Å²) >= 11 is 1.08. The van der Waals surface area contributed by atoms with Crippen LogP contribution >= 0.6 is 11.3 Å². The number of esters is 1. The Morgan fingerprint density at radius 2 is 2.00 bits per heavy atom. The second kappa shape index (κ2) is 9.01. The molecule has 28 heavy (non-hydrogen) atoms. The van der Waals surface area contributed by atoms with Crippen LogP contribution in [-0.2, 0) is 9.53 Å². The molecule has 0 radical (unpaired) electrons. The van der Waals surface area contributed by atoms with Gasteiger partial charge in [0.15, 0.2) is 0 Å². The largest absolute Gasteiger partial charge is 0.462 e. The summed E-state index contributed by atoms with van der Waals surface area (Å²) in [5, 5.41) is 7.34. The van der Waals surface area contributed by atoms with Crippen molar-refractivity contribution in [2.45, 2.75) is 40.2 Å². The van der Waals surface area contributed by atoms with Crippen LogP contribution < -0.4 is 5.32 Å². The monoisotopic (exact) mass is 406 g/mol. The number of hydrogen-bond acceptors (Lipinski definition) is 6. The topological polar surface area (TPSA) is 93.5 Å². The number of aryl methyl sites for hydroxylation is 1. The van der Waals surface area contributed by atoms with E-state index in [0.717, 1.165) is 17.0 Å². The van der Waals surface area contributed by atoms with E-state index in [1.54, 1.807) is 44.9 Å². The third-order valence-corrected chi connectivity index (χ3v) is 5.34. The van der Waals surface area contributed by atoms with Crippen molar-refractivity contribution in [1.29, 1.82) is 0 Å². The predicted molar refractivity (Wildman–Crippen MR) is 108 cm³/mol. The van der Waals surface area contributed by atoms with Gasteiger partial charge in [0, 0.05) is 20.3 Å².